The number of fused-ring (bicyclic) bond motifs is 1. The van der Waals surface area contributed by atoms with Gasteiger partial charge in [-0.05, 0) is 80.9 Å². The number of para-hydroxylation sites is 1. The molecule has 3 aromatic rings. The highest BCUT2D eigenvalue weighted by molar-refractivity contribution is 7.22. The summed E-state index contributed by atoms with van der Waals surface area (Å²) in [4.78, 5) is 6.86. The molecular weight excluding hydrogens is 481 g/mol. The molecule has 1 aliphatic carbocycles. The minimum atomic E-state index is -0.243. The number of aromatic nitrogens is 1. The number of hydrogen-bond acceptors (Lipinski definition) is 6. The van der Waals surface area contributed by atoms with Crippen molar-refractivity contribution in [3.8, 4) is 0 Å². The maximum Gasteiger partial charge on any atom is 0.186 e. The summed E-state index contributed by atoms with van der Waals surface area (Å²) in [5.41, 5.74) is 11.4. The largest absolute Gasteiger partial charge is 0.400 e. The third-order valence-corrected chi connectivity index (χ3v) is 8.29. The number of nitrogens with two attached hydrogens (primary N) is 2. The molecule has 0 radical (unpaired) electrons. The van der Waals surface area contributed by atoms with Crippen molar-refractivity contribution in [2.45, 2.75) is 39.5 Å². The minimum Gasteiger partial charge on any atom is -0.400 e. The Morgan fingerprint density at radius 1 is 1.20 bits per heavy atom. The monoisotopic (exact) mass is 511 g/mol. The average molecular weight is 512 g/mol. The number of rotatable bonds is 6. The van der Waals surface area contributed by atoms with Crippen molar-refractivity contribution in [3.05, 3.63) is 75.8 Å². The SMILES string of the molecule is Cc1cc(F)c2nc(N3CCC(/C=C/C(=C(/N)C4CC4)N(N)c4c(C)cccc4Cl)CC3)sc2c1. The van der Waals surface area contributed by atoms with E-state index in [1.54, 1.807) is 22.4 Å². The molecule has 2 aliphatic rings. The summed E-state index contributed by atoms with van der Waals surface area (Å²) in [6.45, 7) is 5.67. The first-order chi connectivity index (χ1) is 16.8. The van der Waals surface area contributed by atoms with Gasteiger partial charge < -0.3 is 10.6 Å². The third kappa shape index (κ3) is 5.03. The quantitative estimate of drug-likeness (QED) is 0.226. The molecule has 35 heavy (non-hydrogen) atoms. The first-order valence-corrected chi connectivity index (χ1v) is 13.3. The Hall–Kier alpha value is -2.61. The summed E-state index contributed by atoms with van der Waals surface area (Å²) in [5, 5.41) is 3.15. The van der Waals surface area contributed by atoms with Crippen LogP contribution in [0.4, 0.5) is 15.2 Å². The lowest BCUT2D eigenvalue weighted by atomic mass is 9.96. The number of thiazole rings is 1. The molecule has 184 valence electrons. The first kappa shape index (κ1) is 24.1. The Bertz CT molecular complexity index is 1280. The molecule has 0 atom stereocenters. The zero-order valence-electron chi connectivity index (χ0n) is 20.1. The lowest BCUT2D eigenvalue weighted by molar-refractivity contribution is 0.478. The van der Waals surface area contributed by atoms with E-state index in [0.29, 0.717) is 22.4 Å². The smallest absolute Gasteiger partial charge is 0.186 e. The molecule has 2 heterocycles. The molecule has 1 saturated carbocycles. The fraction of sp³-hybridized carbons (Fsp3) is 0.370. The summed E-state index contributed by atoms with van der Waals surface area (Å²) in [5.74, 6) is 7.14. The van der Waals surface area contributed by atoms with Gasteiger partial charge in [-0.15, -0.1) is 0 Å². The Balaban J connectivity index is 1.31. The van der Waals surface area contributed by atoms with Crippen LogP contribution in [0, 0.1) is 31.5 Å². The van der Waals surface area contributed by atoms with Crippen LogP contribution in [-0.2, 0) is 0 Å². The second-order valence-corrected chi connectivity index (χ2v) is 11.1. The highest BCUT2D eigenvalue weighted by Crippen LogP contribution is 2.39. The maximum atomic E-state index is 14.3. The topological polar surface area (TPSA) is 71.4 Å². The van der Waals surface area contributed by atoms with Crippen LogP contribution in [0.15, 0.2) is 53.9 Å². The van der Waals surface area contributed by atoms with Gasteiger partial charge in [0, 0.05) is 24.7 Å². The van der Waals surface area contributed by atoms with Gasteiger partial charge >= 0.3 is 0 Å². The molecule has 0 unspecified atom stereocenters. The molecular formula is C27H31ClFN5S. The van der Waals surface area contributed by atoms with Gasteiger partial charge in [0.15, 0.2) is 10.9 Å². The third-order valence-electron chi connectivity index (χ3n) is 6.92. The van der Waals surface area contributed by atoms with Gasteiger partial charge in [0.1, 0.15) is 5.52 Å². The molecule has 2 fully saturated rings. The number of aryl methyl sites for hydroxylation is 2. The minimum absolute atomic E-state index is 0.243. The van der Waals surface area contributed by atoms with E-state index in [0.717, 1.165) is 76.8 Å². The van der Waals surface area contributed by atoms with E-state index in [1.165, 1.54) is 0 Å². The van der Waals surface area contributed by atoms with Crippen molar-refractivity contribution in [3.63, 3.8) is 0 Å². The lowest BCUT2D eigenvalue weighted by Crippen LogP contribution is -2.34. The molecule has 1 aromatic heterocycles. The fourth-order valence-electron chi connectivity index (χ4n) is 4.72. The van der Waals surface area contributed by atoms with Gasteiger partial charge in [0.2, 0.25) is 0 Å². The predicted molar refractivity (Wildman–Crippen MR) is 145 cm³/mol. The van der Waals surface area contributed by atoms with Gasteiger partial charge in [-0.2, -0.15) is 0 Å². The second kappa shape index (κ2) is 9.80. The molecule has 5 nitrogen and oxygen atoms in total. The van der Waals surface area contributed by atoms with Crippen LogP contribution in [0.2, 0.25) is 5.02 Å². The van der Waals surface area contributed by atoms with Crippen LogP contribution < -0.4 is 21.5 Å². The van der Waals surface area contributed by atoms with E-state index < -0.39 is 0 Å². The fourth-order valence-corrected chi connectivity index (χ4v) is 6.16. The van der Waals surface area contributed by atoms with Crippen LogP contribution in [-0.4, -0.2) is 18.1 Å². The maximum absolute atomic E-state index is 14.3. The molecule has 0 amide bonds. The van der Waals surface area contributed by atoms with Crippen LogP contribution in [0.1, 0.15) is 36.8 Å². The van der Waals surface area contributed by atoms with Crippen molar-refractivity contribution >= 4 is 44.0 Å². The number of halogens is 2. The summed E-state index contributed by atoms with van der Waals surface area (Å²) < 4.78 is 15.2. The number of allylic oxidation sites excluding steroid dienone is 3. The molecule has 2 aromatic carbocycles. The molecule has 1 aliphatic heterocycles. The van der Waals surface area contributed by atoms with E-state index in [4.69, 9.17) is 23.2 Å². The van der Waals surface area contributed by atoms with Crippen LogP contribution >= 0.6 is 22.9 Å². The van der Waals surface area contributed by atoms with E-state index >= 15 is 0 Å². The zero-order valence-corrected chi connectivity index (χ0v) is 21.7. The van der Waals surface area contributed by atoms with E-state index in [-0.39, 0.29) is 5.82 Å². The molecule has 5 rings (SSSR count). The summed E-state index contributed by atoms with van der Waals surface area (Å²) in [7, 11) is 0. The predicted octanol–water partition coefficient (Wildman–Crippen LogP) is 6.44. The average Bonchev–Trinajstić information content (AvgIpc) is 3.58. The van der Waals surface area contributed by atoms with Gasteiger partial charge in [-0.3, -0.25) is 5.01 Å². The van der Waals surface area contributed by atoms with Crippen LogP contribution in [0.3, 0.4) is 0 Å². The summed E-state index contributed by atoms with van der Waals surface area (Å²) in [6, 6.07) is 9.33. The Kier molecular flexibility index (Phi) is 6.75. The molecule has 4 N–H and O–H groups in total. The van der Waals surface area contributed by atoms with Crippen molar-refractivity contribution in [1.82, 2.24) is 4.98 Å². The van der Waals surface area contributed by atoms with Gasteiger partial charge in [-0.1, -0.05) is 41.1 Å². The Labute approximate surface area is 214 Å². The van der Waals surface area contributed by atoms with Gasteiger partial charge in [-0.25, -0.2) is 15.2 Å². The summed E-state index contributed by atoms with van der Waals surface area (Å²) >= 11 is 8.06. The first-order valence-electron chi connectivity index (χ1n) is 12.1. The normalized spacial score (nSPS) is 17.9. The number of hydrazine groups is 1. The van der Waals surface area contributed by atoms with Crippen LogP contribution in [0.5, 0.6) is 0 Å². The van der Waals surface area contributed by atoms with Crippen LogP contribution in [0.25, 0.3) is 10.2 Å². The van der Waals surface area contributed by atoms with Crippen molar-refractivity contribution in [2.24, 2.45) is 23.4 Å². The second-order valence-electron chi connectivity index (χ2n) is 9.66. The van der Waals surface area contributed by atoms with Gasteiger partial charge in [0.25, 0.3) is 0 Å². The zero-order chi connectivity index (χ0) is 24.7. The van der Waals surface area contributed by atoms with Crippen molar-refractivity contribution < 1.29 is 4.39 Å². The van der Waals surface area contributed by atoms with Crippen molar-refractivity contribution in [1.29, 1.82) is 0 Å². The number of anilines is 2. The molecule has 0 spiro atoms. The molecule has 1 saturated heterocycles. The number of piperidine rings is 1. The van der Waals surface area contributed by atoms with Crippen molar-refractivity contribution in [2.75, 3.05) is 23.0 Å². The standard InChI is InChI=1S/C27H31ClFN5S/c1-16-14-21(29)25-23(15-16)35-27(32-25)33-12-10-18(11-13-33)6-9-22(24(30)19-7-8-19)34(31)26-17(2)4-3-5-20(26)28/h3-6,9,14-15,18-19H,7-8,10-13,30-31H2,1-2H3/b9-6+,24-22-. The van der Waals surface area contributed by atoms with E-state index in [9.17, 15) is 4.39 Å². The highest BCUT2D eigenvalue weighted by Gasteiger charge is 2.29. The summed E-state index contributed by atoms with van der Waals surface area (Å²) in [6.07, 6.45) is 8.47. The number of hydrogen-bond donors (Lipinski definition) is 2. The Morgan fingerprint density at radius 3 is 2.63 bits per heavy atom. The van der Waals surface area contributed by atoms with E-state index in [2.05, 4.69) is 22.0 Å². The lowest BCUT2D eigenvalue weighted by Gasteiger charge is -2.30. The highest BCUT2D eigenvalue weighted by atomic mass is 35.5. The molecule has 0 bridgehead atoms. The Morgan fingerprint density at radius 2 is 1.94 bits per heavy atom. The van der Waals surface area contributed by atoms with E-state index in [1.807, 2.05) is 38.1 Å². The number of benzene rings is 2. The van der Waals surface area contributed by atoms with Gasteiger partial charge in [0.05, 0.1) is 21.1 Å². The molecule has 8 heteroatoms. The number of nitrogens with zero attached hydrogens (tertiary/aromatic N) is 3.